The van der Waals surface area contributed by atoms with Crippen LogP contribution in [0.3, 0.4) is 0 Å². The molecule has 0 aromatic heterocycles. The van der Waals surface area contributed by atoms with Crippen molar-refractivity contribution in [2.45, 2.75) is 69.7 Å². The average molecular weight is 365 g/mol. The first kappa shape index (κ1) is 19.0. The molecule has 26 heavy (non-hydrogen) atoms. The molecule has 0 radical (unpaired) electrons. The van der Waals surface area contributed by atoms with E-state index in [0.717, 1.165) is 58.0 Å². The number of carboxylic acids is 1. The van der Waals surface area contributed by atoms with E-state index in [1.165, 1.54) is 0 Å². The highest BCUT2D eigenvalue weighted by Crippen LogP contribution is 2.29. The van der Waals surface area contributed by atoms with Crippen LogP contribution in [0, 0.1) is 5.92 Å². The minimum Gasteiger partial charge on any atom is -0.480 e. The predicted molar refractivity (Wildman–Crippen MR) is 96.7 cm³/mol. The minimum atomic E-state index is -1.13. The summed E-state index contributed by atoms with van der Waals surface area (Å²) in [6, 6.07) is 0.0300. The van der Waals surface area contributed by atoms with Crippen molar-refractivity contribution in [2.24, 2.45) is 5.92 Å². The molecule has 1 saturated carbocycles. The number of likely N-dealkylation sites (tertiary alicyclic amines) is 2. The van der Waals surface area contributed by atoms with E-state index in [1.54, 1.807) is 4.90 Å². The van der Waals surface area contributed by atoms with E-state index in [9.17, 15) is 19.5 Å². The highest BCUT2D eigenvalue weighted by Gasteiger charge is 2.42. The lowest BCUT2D eigenvalue weighted by atomic mass is 9.88. The number of carbonyl (C=O) groups is 3. The minimum absolute atomic E-state index is 0.0300. The van der Waals surface area contributed by atoms with Crippen molar-refractivity contribution in [3.8, 4) is 0 Å². The van der Waals surface area contributed by atoms with Gasteiger partial charge in [0.25, 0.3) is 0 Å². The zero-order valence-corrected chi connectivity index (χ0v) is 15.5. The van der Waals surface area contributed by atoms with Crippen molar-refractivity contribution < 1.29 is 19.5 Å². The van der Waals surface area contributed by atoms with E-state index < -0.39 is 11.5 Å². The predicted octanol–water partition coefficient (Wildman–Crippen LogP) is 2.21. The number of aliphatic carboxylic acids is 1. The van der Waals surface area contributed by atoms with Crippen molar-refractivity contribution in [2.75, 3.05) is 26.2 Å². The summed E-state index contributed by atoms with van der Waals surface area (Å²) in [4.78, 5) is 41.0. The van der Waals surface area contributed by atoms with Gasteiger partial charge in [0.2, 0.25) is 5.91 Å². The largest absolute Gasteiger partial charge is 0.480 e. The SMILES string of the molecule is O=C(NC1(C(=O)O)CCCCCC1)C1CCCN(C(=O)N2CCCC2)C1. The molecular weight excluding hydrogens is 334 g/mol. The number of hydrogen-bond acceptors (Lipinski definition) is 3. The van der Waals surface area contributed by atoms with Crippen LogP contribution >= 0.6 is 0 Å². The van der Waals surface area contributed by atoms with E-state index in [0.29, 0.717) is 32.4 Å². The molecule has 1 aliphatic carbocycles. The van der Waals surface area contributed by atoms with Gasteiger partial charge in [-0.15, -0.1) is 0 Å². The van der Waals surface area contributed by atoms with E-state index in [1.807, 2.05) is 4.90 Å². The van der Waals surface area contributed by atoms with Crippen LogP contribution in [0.1, 0.15) is 64.2 Å². The summed E-state index contributed by atoms with van der Waals surface area (Å²) in [6.07, 6.45) is 8.29. The third-order valence-corrected chi connectivity index (χ3v) is 6.17. The van der Waals surface area contributed by atoms with Gasteiger partial charge in [0.15, 0.2) is 0 Å². The van der Waals surface area contributed by atoms with E-state index in [2.05, 4.69) is 5.32 Å². The smallest absolute Gasteiger partial charge is 0.329 e. The van der Waals surface area contributed by atoms with E-state index in [-0.39, 0.29) is 17.9 Å². The summed E-state index contributed by atoms with van der Waals surface area (Å²) in [7, 11) is 0. The lowest BCUT2D eigenvalue weighted by Crippen LogP contribution is -2.58. The lowest BCUT2D eigenvalue weighted by Gasteiger charge is -2.37. The fourth-order valence-electron chi connectivity index (χ4n) is 4.54. The second-order valence-electron chi connectivity index (χ2n) is 8.05. The van der Waals surface area contributed by atoms with Gasteiger partial charge >= 0.3 is 12.0 Å². The Morgan fingerprint density at radius 3 is 2.08 bits per heavy atom. The highest BCUT2D eigenvalue weighted by atomic mass is 16.4. The Kier molecular flexibility index (Phi) is 6.04. The van der Waals surface area contributed by atoms with Gasteiger partial charge in [-0.25, -0.2) is 9.59 Å². The number of urea groups is 1. The standard InChI is InChI=1S/C19H31N3O4/c23-16(20-19(17(24)25)9-3-1-2-4-10-19)15-8-7-13-22(14-15)18(26)21-11-5-6-12-21/h15H,1-14H2,(H,20,23)(H,24,25). The summed E-state index contributed by atoms with van der Waals surface area (Å²) in [6.45, 7) is 2.68. The van der Waals surface area contributed by atoms with Gasteiger partial charge in [-0.3, -0.25) is 4.79 Å². The fourth-order valence-corrected chi connectivity index (χ4v) is 4.54. The Morgan fingerprint density at radius 2 is 1.46 bits per heavy atom. The number of hydrogen-bond donors (Lipinski definition) is 2. The molecular formula is C19H31N3O4. The van der Waals surface area contributed by atoms with E-state index in [4.69, 9.17) is 0 Å². The van der Waals surface area contributed by atoms with Crippen LogP contribution in [0.4, 0.5) is 4.79 Å². The first-order valence-corrected chi connectivity index (χ1v) is 10.1. The van der Waals surface area contributed by atoms with Crippen molar-refractivity contribution in [3.63, 3.8) is 0 Å². The maximum Gasteiger partial charge on any atom is 0.329 e. The number of amides is 3. The summed E-state index contributed by atoms with van der Waals surface area (Å²) >= 11 is 0. The van der Waals surface area contributed by atoms with Crippen molar-refractivity contribution >= 4 is 17.9 Å². The number of piperidine rings is 1. The molecule has 0 spiro atoms. The van der Waals surface area contributed by atoms with Crippen molar-refractivity contribution in [1.82, 2.24) is 15.1 Å². The summed E-state index contributed by atoms with van der Waals surface area (Å²) in [5, 5.41) is 12.6. The Morgan fingerprint density at radius 1 is 0.846 bits per heavy atom. The fraction of sp³-hybridized carbons (Fsp3) is 0.842. The molecule has 3 amide bonds. The third kappa shape index (κ3) is 4.13. The van der Waals surface area contributed by atoms with Crippen molar-refractivity contribution in [1.29, 1.82) is 0 Å². The zero-order chi connectivity index (χ0) is 18.6. The molecule has 7 nitrogen and oxygen atoms in total. The molecule has 1 unspecified atom stereocenters. The maximum atomic E-state index is 12.9. The van der Waals surface area contributed by atoms with Crippen LogP contribution in [0.5, 0.6) is 0 Å². The molecule has 0 aromatic carbocycles. The zero-order valence-electron chi connectivity index (χ0n) is 15.5. The molecule has 3 aliphatic rings. The van der Waals surface area contributed by atoms with Crippen LogP contribution in [-0.4, -0.2) is 64.5 Å². The molecule has 2 heterocycles. The van der Waals surface area contributed by atoms with Crippen LogP contribution in [0.2, 0.25) is 0 Å². The molecule has 2 saturated heterocycles. The van der Waals surface area contributed by atoms with Gasteiger partial charge in [0, 0.05) is 26.2 Å². The van der Waals surface area contributed by atoms with Crippen LogP contribution in [0.25, 0.3) is 0 Å². The molecule has 3 rings (SSSR count). The first-order chi connectivity index (χ1) is 12.5. The molecule has 0 bridgehead atoms. The number of nitrogens with one attached hydrogen (secondary N) is 1. The molecule has 3 fully saturated rings. The maximum absolute atomic E-state index is 12.9. The van der Waals surface area contributed by atoms with Crippen LogP contribution in [-0.2, 0) is 9.59 Å². The van der Waals surface area contributed by atoms with Gasteiger partial charge in [-0.2, -0.15) is 0 Å². The quantitative estimate of drug-likeness (QED) is 0.750. The van der Waals surface area contributed by atoms with Gasteiger partial charge in [-0.1, -0.05) is 25.7 Å². The average Bonchev–Trinajstić information content (AvgIpc) is 3.08. The molecule has 2 N–H and O–H groups in total. The van der Waals surface area contributed by atoms with Crippen molar-refractivity contribution in [3.05, 3.63) is 0 Å². The Bertz CT molecular complexity index is 537. The summed E-state index contributed by atoms with van der Waals surface area (Å²) < 4.78 is 0. The monoisotopic (exact) mass is 365 g/mol. The molecule has 7 heteroatoms. The number of nitrogens with zero attached hydrogens (tertiary/aromatic N) is 2. The Hall–Kier alpha value is -1.79. The first-order valence-electron chi connectivity index (χ1n) is 10.1. The van der Waals surface area contributed by atoms with Gasteiger partial charge in [0.05, 0.1) is 5.92 Å². The Labute approximate surface area is 155 Å². The van der Waals surface area contributed by atoms with Crippen LogP contribution < -0.4 is 5.32 Å². The summed E-state index contributed by atoms with van der Waals surface area (Å²) in [5.41, 5.74) is -1.13. The highest BCUT2D eigenvalue weighted by molar-refractivity contribution is 5.88. The van der Waals surface area contributed by atoms with Gasteiger partial charge in [0.1, 0.15) is 5.54 Å². The van der Waals surface area contributed by atoms with Gasteiger partial charge in [-0.05, 0) is 38.5 Å². The summed E-state index contributed by atoms with van der Waals surface area (Å²) in [5.74, 6) is -1.43. The number of rotatable bonds is 3. The normalized spacial score (nSPS) is 26.2. The lowest BCUT2D eigenvalue weighted by molar-refractivity contribution is -0.149. The third-order valence-electron chi connectivity index (χ3n) is 6.17. The molecule has 1 atom stereocenters. The van der Waals surface area contributed by atoms with E-state index >= 15 is 0 Å². The Balaban J connectivity index is 1.62. The molecule has 2 aliphatic heterocycles. The number of carboxylic acid groups (broad SMARTS) is 1. The second-order valence-corrected chi connectivity index (χ2v) is 8.05. The molecule has 0 aromatic rings. The van der Waals surface area contributed by atoms with Crippen LogP contribution in [0.15, 0.2) is 0 Å². The number of carbonyl (C=O) groups excluding carboxylic acids is 2. The van der Waals surface area contributed by atoms with Gasteiger partial charge < -0.3 is 20.2 Å². The molecule has 146 valence electrons. The second kappa shape index (κ2) is 8.27. The topological polar surface area (TPSA) is 90.0 Å².